The van der Waals surface area contributed by atoms with Gasteiger partial charge in [0.15, 0.2) is 5.78 Å². The van der Waals surface area contributed by atoms with Crippen molar-refractivity contribution in [1.82, 2.24) is 0 Å². The Morgan fingerprint density at radius 1 is 1.05 bits per heavy atom. The summed E-state index contributed by atoms with van der Waals surface area (Å²) in [6.45, 7) is 1.60. The lowest BCUT2D eigenvalue weighted by molar-refractivity contribution is -0.111. The fourth-order valence-electron chi connectivity index (χ4n) is 1.56. The third-order valence-electron chi connectivity index (χ3n) is 2.59. The number of allylic oxidation sites excluding steroid dienone is 4. The van der Waals surface area contributed by atoms with Crippen molar-refractivity contribution < 1.29 is 13.2 Å². The van der Waals surface area contributed by atoms with E-state index in [1.165, 1.54) is 18.2 Å². The predicted octanol–water partition coefficient (Wildman–Crippen LogP) is 3.35. The summed E-state index contributed by atoms with van der Waals surface area (Å²) in [4.78, 5) is 11.8. The van der Waals surface area contributed by atoms with Crippen molar-refractivity contribution in [3.8, 4) is 0 Å². The number of benzene rings is 1. The number of rotatable bonds is 2. The van der Waals surface area contributed by atoms with E-state index in [0.29, 0.717) is 10.1 Å². The van der Waals surface area contributed by atoms with Crippen molar-refractivity contribution in [2.45, 2.75) is 11.8 Å². The second kappa shape index (κ2) is 5.75. The quantitative estimate of drug-likeness (QED) is 0.691. The number of hydrogen-bond acceptors (Lipinski definition) is 3. The highest BCUT2D eigenvalue weighted by molar-refractivity contribution is 9.14. The number of sulfonamides is 1. The Bertz CT molecular complexity index is 762. The Kier molecular flexibility index (Phi) is 4.41. The van der Waals surface area contributed by atoms with Crippen LogP contribution in [-0.4, -0.2) is 19.9 Å². The summed E-state index contributed by atoms with van der Waals surface area (Å²) in [6, 6.07) is 7.91. The average Bonchev–Trinajstić information content (AvgIpc) is 2.43. The molecule has 1 aliphatic carbocycles. The van der Waals surface area contributed by atoms with Gasteiger partial charge in [0.2, 0.25) is 0 Å². The molecule has 0 saturated carbocycles. The van der Waals surface area contributed by atoms with Gasteiger partial charge in [-0.25, -0.2) is 0 Å². The van der Waals surface area contributed by atoms with Gasteiger partial charge >= 0.3 is 0 Å². The number of carbonyl (C=O) groups excluding carboxylic acids is 1. The van der Waals surface area contributed by atoms with Gasteiger partial charge in [-0.1, -0.05) is 18.2 Å². The SMILES string of the molecule is CC1=C/C(=N/S(=O)(=O)c2ccccc2)C(Br)=C(Br)C1=O. The van der Waals surface area contributed by atoms with Crippen LogP contribution in [0, 0.1) is 0 Å². The lowest BCUT2D eigenvalue weighted by Crippen LogP contribution is -2.14. The third kappa shape index (κ3) is 2.99. The molecule has 4 nitrogen and oxygen atoms in total. The van der Waals surface area contributed by atoms with Gasteiger partial charge in [-0.2, -0.15) is 12.8 Å². The first-order valence-corrected chi connectivity index (χ1v) is 8.54. The van der Waals surface area contributed by atoms with E-state index in [4.69, 9.17) is 0 Å². The van der Waals surface area contributed by atoms with Gasteiger partial charge in [-0.3, -0.25) is 4.79 Å². The van der Waals surface area contributed by atoms with Crippen molar-refractivity contribution in [2.24, 2.45) is 4.40 Å². The number of Topliss-reactive ketones (excluding diaryl/α,β-unsaturated/α-hetero) is 1. The molecule has 0 bridgehead atoms. The van der Waals surface area contributed by atoms with Crippen molar-refractivity contribution in [2.75, 3.05) is 0 Å². The normalized spacial score (nSPS) is 18.4. The van der Waals surface area contributed by atoms with Crippen LogP contribution in [0.5, 0.6) is 0 Å². The Balaban J connectivity index is 2.54. The van der Waals surface area contributed by atoms with Gasteiger partial charge in [-0.15, -0.1) is 0 Å². The molecule has 0 N–H and O–H groups in total. The van der Waals surface area contributed by atoms with Crippen LogP contribution in [-0.2, 0) is 14.8 Å². The molecule has 0 radical (unpaired) electrons. The number of hydrogen-bond donors (Lipinski definition) is 0. The Morgan fingerprint density at radius 2 is 1.65 bits per heavy atom. The first-order valence-electron chi connectivity index (χ1n) is 5.51. The first-order chi connectivity index (χ1) is 9.33. The van der Waals surface area contributed by atoms with Gasteiger partial charge in [0.25, 0.3) is 10.0 Å². The molecule has 0 aliphatic heterocycles. The second-order valence-corrected chi connectivity index (χ2v) is 7.24. The summed E-state index contributed by atoms with van der Waals surface area (Å²) in [7, 11) is -3.81. The lowest BCUT2D eigenvalue weighted by Gasteiger charge is -2.11. The molecule has 0 unspecified atom stereocenters. The summed E-state index contributed by atoms with van der Waals surface area (Å²) >= 11 is 6.32. The highest BCUT2D eigenvalue weighted by atomic mass is 79.9. The molecular formula is C13H9Br2NO3S. The smallest absolute Gasteiger partial charge is 0.282 e. The maximum atomic E-state index is 12.2. The van der Waals surface area contributed by atoms with Crippen molar-refractivity contribution in [3.63, 3.8) is 0 Å². The van der Waals surface area contributed by atoms with E-state index >= 15 is 0 Å². The minimum absolute atomic E-state index is 0.104. The van der Waals surface area contributed by atoms with E-state index in [2.05, 4.69) is 36.3 Å². The van der Waals surface area contributed by atoms with Gasteiger partial charge in [-0.05, 0) is 62.6 Å². The molecule has 1 aromatic rings. The molecule has 0 fully saturated rings. The molecule has 0 amide bonds. The number of carbonyl (C=O) groups is 1. The van der Waals surface area contributed by atoms with Crippen LogP contribution >= 0.6 is 31.9 Å². The molecule has 1 aromatic carbocycles. The molecule has 0 heterocycles. The van der Waals surface area contributed by atoms with E-state index < -0.39 is 10.0 Å². The van der Waals surface area contributed by atoms with Crippen molar-refractivity contribution in [3.05, 3.63) is 50.9 Å². The Labute approximate surface area is 133 Å². The monoisotopic (exact) mass is 417 g/mol. The molecule has 0 spiro atoms. The van der Waals surface area contributed by atoms with E-state index in [9.17, 15) is 13.2 Å². The van der Waals surface area contributed by atoms with Gasteiger partial charge in [0.05, 0.1) is 19.6 Å². The van der Waals surface area contributed by atoms with E-state index in [0.717, 1.165) is 0 Å². The summed E-state index contributed by atoms with van der Waals surface area (Å²) in [5.74, 6) is -0.201. The van der Waals surface area contributed by atoms with Crippen LogP contribution in [0.25, 0.3) is 0 Å². The van der Waals surface area contributed by atoms with Gasteiger partial charge < -0.3 is 0 Å². The van der Waals surface area contributed by atoms with Crippen LogP contribution in [0.3, 0.4) is 0 Å². The lowest BCUT2D eigenvalue weighted by atomic mass is 10.1. The Hall–Kier alpha value is -1.05. The van der Waals surface area contributed by atoms with E-state index in [1.54, 1.807) is 25.1 Å². The standard InChI is InChI=1S/C13H9Br2NO3S/c1-8-7-10(11(14)12(15)13(8)17)16-20(18,19)9-5-3-2-4-6-9/h2-7H,1H3/b16-10-. The summed E-state index contributed by atoms with van der Waals surface area (Å²) < 4.78 is 28.7. The molecule has 0 saturated heterocycles. The summed E-state index contributed by atoms with van der Waals surface area (Å²) in [6.07, 6.45) is 1.44. The fraction of sp³-hybridized carbons (Fsp3) is 0.0769. The van der Waals surface area contributed by atoms with Crippen LogP contribution in [0.4, 0.5) is 0 Å². The van der Waals surface area contributed by atoms with Crippen LogP contribution in [0.2, 0.25) is 0 Å². The summed E-state index contributed by atoms with van der Waals surface area (Å²) in [5.41, 5.74) is 0.611. The van der Waals surface area contributed by atoms with Crippen LogP contribution in [0.15, 0.2) is 60.2 Å². The van der Waals surface area contributed by atoms with Gasteiger partial charge in [0.1, 0.15) is 0 Å². The number of nitrogens with zero attached hydrogens (tertiary/aromatic N) is 1. The minimum atomic E-state index is -3.81. The third-order valence-corrected chi connectivity index (χ3v) is 5.98. The van der Waals surface area contributed by atoms with E-state index in [-0.39, 0.29) is 20.9 Å². The molecule has 20 heavy (non-hydrogen) atoms. The topological polar surface area (TPSA) is 63.6 Å². The molecule has 104 valence electrons. The highest BCUT2D eigenvalue weighted by Gasteiger charge is 2.24. The largest absolute Gasteiger partial charge is 0.288 e. The Morgan fingerprint density at radius 3 is 2.25 bits per heavy atom. The zero-order chi connectivity index (χ0) is 14.9. The highest BCUT2D eigenvalue weighted by Crippen LogP contribution is 2.29. The van der Waals surface area contributed by atoms with Gasteiger partial charge in [0, 0.05) is 0 Å². The zero-order valence-electron chi connectivity index (χ0n) is 10.3. The first kappa shape index (κ1) is 15.3. The number of halogens is 2. The molecule has 1 aliphatic rings. The van der Waals surface area contributed by atoms with Crippen LogP contribution in [0.1, 0.15) is 6.92 Å². The van der Waals surface area contributed by atoms with E-state index in [1.807, 2.05) is 0 Å². The van der Waals surface area contributed by atoms with Crippen molar-refractivity contribution >= 4 is 53.4 Å². The average molecular weight is 419 g/mol. The molecule has 2 rings (SSSR count). The van der Waals surface area contributed by atoms with Crippen LogP contribution < -0.4 is 0 Å². The minimum Gasteiger partial charge on any atom is -0.288 e. The molecule has 7 heteroatoms. The molecule has 0 aromatic heterocycles. The second-order valence-electron chi connectivity index (χ2n) is 4.05. The fourth-order valence-corrected chi connectivity index (χ4v) is 3.59. The predicted molar refractivity (Wildman–Crippen MR) is 84.7 cm³/mol. The zero-order valence-corrected chi connectivity index (χ0v) is 14.3. The van der Waals surface area contributed by atoms with Crippen molar-refractivity contribution in [1.29, 1.82) is 0 Å². The maximum absolute atomic E-state index is 12.2. The molecular weight excluding hydrogens is 410 g/mol. The maximum Gasteiger partial charge on any atom is 0.282 e. The summed E-state index contributed by atoms with van der Waals surface area (Å²) in [5, 5.41) is 0. The molecule has 0 atom stereocenters. The number of ketones is 1.